The van der Waals surface area contributed by atoms with E-state index < -0.39 is 23.6 Å². The average Bonchev–Trinajstić information content (AvgIpc) is 2.16. The molecule has 0 fully saturated rings. The summed E-state index contributed by atoms with van der Waals surface area (Å²) < 4.78 is 39.3. The molecule has 1 aromatic rings. The largest absolute Gasteiger partial charge is 0.573 e. The number of aromatic nitrogens is 1. The van der Waals surface area contributed by atoms with Crippen molar-refractivity contribution >= 4 is 22.2 Å². The number of carbonyl (C=O) groups excluding carboxylic acids is 1. The number of alkyl halides is 4. The molecule has 16 heavy (non-hydrogen) atoms. The highest BCUT2D eigenvalue weighted by Gasteiger charge is 2.33. The van der Waals surface area contributed by atoms with E-state index in [2.05, 4.69) is 25.7 Å². The van der Waals surface area contributed by atoms with Gasteiger partial charge in [-0.05, 0) is 0 Å². The molecule has 0 aliphatic rings. The van der Waals surface area contributed by atoms with Crippen LogP contribution in [0.15, 0.2) is 6.07 Å². The summed E-state index contributed by atoms with van der Waals surface area (Å²) in [5.74, 6) is -1.31. The third-order valence-corrected chi connectivity index (χ3v) is 2.07. The topological polar surface area (TPSA) is 59.4 Å². The molecule has 0 aliphatic carbocycles. The van der Waals surface area contributed by atoms with Gasteiger partial charge in [-0.15, -0.1) is 13.2 Å². The molecule has 4 nitrogen and oxygen atoms in total. The van der Waals surface area contributed by atoms with Crippen LogP contribution in [0.2, 0.25) is 0 Å². The van der Waals surface area contributed by atoms with Crippen molar-refractivity contribution in [2.75, 3.05) is 0 Å². The molecule has 88 valence electrons. The number of hydrogen-bond acceptors (Lipinski definition) is 4. The zero-order chi connectivity index (χ0) is 12.3. The molecule has 1 heterocycles. The summed E-state index contributed by atoms with van der Waals surface area (Å²) in [6, 6.07) is 0.695. The van der Waals surface area contributed by atoms with Gasteiger partial charge in [-0.2, -0.15) is 0 Å². The van der Waals surface area contributed by atoms with Gasteiger partial charge in [0.05, 0.1) is 5.69 Å². The highest BCUT2D eigenvalue weighted by atomic mass is 79.9. The zero-order valence-corrected chi connectivity index (χ0v) is 9.17. The number of aromatic hydroxyl groups is 1. The summed E-state index contributed by atoms with van der Waals surface area (Å²) in [5.41, 5.74) is -0.471. The average molecular weight is 300 g/mol. The van der Waals surface area contributed by atoms with E-state index in [0.29, 0.717) is 6.07 Å². The van der Waals surface area contributed by atoms with Crippen LogP contribution in [0.4, 0.5) is 13.2 Å². The van der Waals surface area contributed by atoms with Crippen molar-refractivity contribution in [1.82, 2.24) is 4.98 Å². The van der Waals surface area contributed by atoms with Gasteiger partial charge in [0.15, 0.2) is 12.0 Å². The van der Waals surface area contributed by atoms with Crippen LogP contribution in [0.5, 0.6) is 11.5 Å². The Balaban J connectivity index is 3.18. The van der Waals surface area contributed by atoms with Gasteiger partial charge in [-0.25, -0.2) is 4.98 Å². The molecule has 0 bridgehead atoms. The molecule has 1 N–H and O–H groups in total. The Morgan fingerprint density at radius 2 is 2.19 bits per heavy atom. The van der Waals surface area contributed by atoms with E-state index in [0.717, 1.165) is 0 Å². The third-order valence-electron chi connectivity index (χ3n) is 1.54. The van der Waals surface area contributed by atoms with Crippen LogP contribution >= 0.6 is 15.9 Å². The molecule has 1 aromatic heterocycles. The Morgan fingerprint density at radius 1 is 1.56 bits per heavy atom. The molecule has 0 radical (unpaired) electrons. The highest BCUT2D eigenvalue weighted by Crippen LogP contribution is 2.30. The summed E-state index contributed by atoms with van der Waals surface area (Å²) >= 11 is 2.96. The molecule has 0 amide bonds. The predicted octanol–water partition coefficient (Wildman–Crippen LogP) is 2.39. The van der Waals surface area contributed by atoms with Crippen molar-refractivity contribution in [3.63, 3.8) is 0 Å². The number of pyridine rings is 1. The first-order valence-electron chi connectivity index (χ1n) is 3.87. The van der Waals surface area contributed by atoms with Gasteiger partial charge in [-0.1, -0.05) is 15.9 Å². The lowest BCUT2D eigenvalue weighted by molar-refractivity contribution is -0.274. The van der Waals surface area contributed by atoms with Crippen molar-refractivity contribution in [2.24, 2.45) is 0 Å². The minimum absolute atomic E-state index is 0.0524. The monoisotopic (exact) mass is 299 g/mol. The smallest absolute Gasteiger partial charge is 0.506 e. The van der Waals surface area contributed by atoms with E-state index >= 15 is 0 Å². The van der Waals surface area contributed by atoms with Crippen LogP contribution in [0.25, 0.3) is 0 Å². The fourth-order valence-electron chi connectivity index (χ4n) is 0.928. The van der Waals surface area contributed by atoms with Crippen molar-refractivity contribution in [1.29, 1.82) is 0 Å². The Hall–Kier alpha value is -1.31. The van der Waals surface area contributed by atoms with Gasteiger partial charge in [0.2, 0.25) is 0 Å². The van der Waals surface area contributed by atoms with Crippen LogP contribution in [0.3, 0.4) is 0 Å². The second kappa shape index (κ2) is 4.69. The Kier molecular flexibility index (Phi) is 3.74. The molecule has 8 heteroatoms. The molecule has 1 rings (SSSR count). The van der Waals surface area contributed by atoms with E-state index in [1.54, 1.807) is 0 Å². The molecule has 0 aliphatic heterocycles. The van der Waals surface area contributed by atoms with Crippen molar-refractivity contribution < 1.29 is 27.8 Å². The normalized spacial score (nSPS) is 11.2. The van der Waals surface area contributed by atoms with Crippen LogP contribution in [0.1, 0.15) is 16.2 Å². The van der Waals surface area contributed by atoms with E-state index in [1.165, 1.54) is 0 Å². The second-order valence-corrected chi connectivity index (χ2v) is 3.20. The van der Waals surface area contributed by atoms with Crippen LogP contribution in [-0.4, -0.2) is 22.7 Å². The van der Waals surface area contributed by atoms with Gasteiger partial charge < -0.3 is 9.84 Å². The second-order valence-electron chi connectivity index (χ2n) is 2.64. The quantitative estimate of drug-likeness (QED) is 0.688. The molecular weight excluding hydrogens is 295 g/mol. The first-order chi connectivity index (χ1) is 7.37. The number of rotatable bonds is 3. The van der Waals surface area contributed by atoms with E-state index in [4.69, 9.17) is 0 Å². The van der Waals surface area contributed by atoms with Crippen molar-refractivity contribution in [2.45, 2.75) is 11.7 Å². The lowest BCUT2D eigenvalue weighted by atomic mass is 10.3. The number of halogens is 4. The maximum atomic E-state index is 11.9. The van der Waals surface area contributed by atoms with Gasteiger partial charge in [0, 0.05) is 11.4 Å². The number of nitrogens with zero attached hydrogens (tertiary/aromatic N) is 1. The SMILES string of the molecule is O=Cc1nc(CBr)c(O)cc1OC(F)(F)F. The molecule has 0 spiro atoms. The molecule has 0 saturated carbocycles. The number of carbonyl (C=O) groups is 1. The molecule has 0 aromatic carbocycles. The van der Waals surface area contributed by atoms with Gasteiger partial charge >= 0.3 is 6.36 Å². The standard InChI is InChI=1S/C8H5BrF3NO3/c9-2-4-6(15)1-7(5(3-14)13-4)16-8(10,11)12/h1,3,15H,2H2. The van der Waals surface area contributed by atoms with E-state index in [9.17, 15) is 23.1 Å². The first-order valence-corrected chi connectivity index (χ1v) is 4.99. The minimum Gasteiger partial charge on any atom is -0.506 e. The van der Waals surface area contributed by atoms with Gasteiger partial charge in [-0.3, -0.25) is 4.79 Å². The van der Waals surface area contributed by atoms with Crippen LogP contribution < -0.4 is 4.74 Å². The van der Waals surface area contributed by atoms with Gasteiger partial charge in [0.1, 0.15) is 11.4 Å². The summed E-state index contributed by atoms with van der Waals surface area (Å²) in [5, 5.41) is 9.36. The lowest BCUT2D eigenvalue weighted by Gasteiger charge is -2.11. The Morgan fingerprint density at radius 3 is 2.62 bits per heavy atom. The number of ether oxygens (including phenoxy) is 1. The van der Waals surface area contributed by atoms with Crippen molar-refractivity contribution in [3.05, 3.63) is 17.5 Å². The van der Waals surface area contributed by atoms with Gasteiger partial charge in [0.25, 0.3) is 0 Å². The van der Waals surface area contributed by atoms with E-state index in [-0.39, 0.29) is 17.3 Å². The molecule has 0 atom stereocenters. The summed E-state index contributed by atoms with van der Waals surface area (Å²) in [7, 11) is 0. The third kappa shape index (κ3) is 3.09. The van der Waals surface area contributed by atoms with Crippen LogP contribution in [0, 0.1) is 0 Å². The minimum atomic E-state index is -4.94. The lowest BCUT2D eigenvalue weighted by Crippen LogP contribution is -2.18. The highest BCUT2D eigenvalue weighted by molar-refractivity contribution is 9.08. The molecular formula is C8H5BrF3NO3. The fourth-order valence-corrected chi connectivity index (χ4v) is 1.34. The number of hydrogen-bond donors (Lipinski definition) is 1. The maximum Gasteiger partial charge on any atom is 0.573 e. The van der Waals surface area contributed by atoms with E-state index in [1.807, 2.05) is 0 Å². The Labute approximate surface area is 96.2 Å². The zero-order valence-electron chi connectivity index (χ0n) is 7.58. The van der Waals surface area contributed by atoms with Crippen LogP contribution in [-0.2, 0) is 5.33 Å². The van der Waals surface area contributed by atoms with Crippen molar-refractivity contribution in [3.8, 4) is 11.5 Å². The first kappa shape index (κ1) is 12.8. The fraction of sp³-hybridized carbons (Fsp3) is 0.250. The summed E-state index contributed by atoms with van der Waals surface area (Å²) in [6.07, 6.45) is -4.82. The molecule has 0 unspecified atom stereocenters. The predicted molar refractivity (Wildman–Crippen MR) is 50.6 cm³/mol. The maximum absolute atomic E-state index is 11.9. The summed E-state index contributed by atoms with van der Waals surface area (Å²) in [6.45, 7) is 0. The Bertz CT molecular complexity index is 408. The summed E-state index contributed by atoms with van der Waals surface area (Å²) in [4.78, 5) is 14.0. The molecule has 0 saturated heterocycles. The number of aldehydes is 1.